The quantitative estimate of drug-likeness (QED) is 0.586. The minimum Gasteiger partial charge on any atom is -0.322 e. The van der Waals surface area contributed by atoms with Crippen molar-refractivity contribution in [1.82, 2.24) is 4.31 Å². The van der Waals surface area contributed by atoms with Crippen molar-refractivity contribution >= 4 is 27.3 Å². The predicted molar refractivity (Wildman–Crippen MR) is 105 cm³/mol. The number of hydrogen-bond donors (Lipinski definition) is 1. The second kappa shape index (κ2) is 8.26. The summed E-state index contributed by atoms with van der Waals surface area (Å²) in [5.41, 5.74) is -0.665. The summed E-state index contributed by atoms with van der Waals surface area (Å²) in [4.78, 5) is 22.5. The molecule has 1 saturated heterocycles. The van der Waals surface area contributed by atoms with E-state index >= 15 is 0 Å². The zero-order valence-electron chi connectivity index (χ0n) is 15.7. The van der Waals surface area contributed by atoms with E-state index in [1.54, 1.807) is 0 Å². The Balaban J connectivity index is 1.85. The van der Waals surface area contributed by atoms with Crippen LogP contribution in [0.4, 0.5) is 15.8 Å². The molecular weight excluding hydrogens is 401 g/mol. The molecule has 1 amide bonds. The first kappa shape index (κ1) is 20.9. The molecule has 154 valence electrons. The number of nitrogens with one attached hydrogen (secondary N) is 1. The number of anilines is 1. The lowest BCUT2D eigenvalue weighted by Crippen LogP contribution is -2.41. The molecule has 1 N–H and O–H groups in total. The van der Waals surface area contributed by atoms with Gasteiger partial charge in [0.2, 0.25) is 15.8 Å². The van der Waals surface area contributed by atoms with Gasteiger partial charge in [-0.25, -0.2) is 8.42 Å². The van der Waals surface area contributed by atoms with Gasteiger partial charge in [-0.15, -0.1) is 0 Å². The number of nitro benzene ring substituents is 1. The van der Waals surface area contributed by atoms with Gasteiger partial charge in [0, 0.05) is 29.9 Å². The minimum absolute atomic E-state index is 0.00369. The molecule has 1 unspecified atom stereocenters. The van der Waals surface area contributed by atoms with Crippen LogP contribution in [-0.2, 0) is 10.0 Å². The second-order valence-electron chi connectivity index (χ2n) is 6.87. The molecule has 3 rings (SSSR count). The van der Waals surface area contributed by atoms with Crippen LogP contribution in [0.5, 0.6) is 0 Å². The molecule has 0 aromatic heterocycles. The van der Waals surface area contributed by atoms with Crippen molar-refractivity contribution in [2.45, 2.75) is 37.1 Å². The lowest BCUT2D eigenvalue weighted by molar-refractivity contribution is -0.387. The number of halogens is 1. The maximum atomic E-state index is 13.4. The van der Waals surface area contributed by atoms with Crippen molar-refractivity contribution in [3.8, 4) is 0 Å². The Morgan fingerprint density at radius 2 is 2.00 bits per heavy atom. The summed E-state index contributed by atoms with van der Waals surface area (Å²) in [6, 6.07) is 8.45. The first-order valence-corrected chi connectivity index (χ1v) is 10.5. The van der Waals surface area contributed by atoms with Gasteiger partial charge in [-0.05, 0) is 50.1 Å². The van der Waals surface area contributed by atoms with Gasteiger partial charge in [0.15, 0.2) is 0 Å². The average Bonchev–Trinajstić information content (AvgIpc) is 2.69. The third kappa shape index (κ3) is 4.43. The summed E-state index contributed by atoms with van der Waals surface area (Å²) in [5.74, 6) is -1.67. The lowest BCUT2D eigenvalue weighted by Gasteiger charge is -2.32. The Morgan fingerprint density at radius 3 is 2.69 bits per heavy atom. The van der Waals surface area contributed by atoms with E-state index in [2.05, 4.69) is 5.32 Å². The number of benzene rings is 2. The standard InChI is InChI=1S/C19H20FN3O5S/c1-13-5-2-3-10-22(13)29(27,28)16-7-4-6-14(11-16)19(24)21-15-8-9-17(20)18(12-15)23(25)26/h4,6-9,11-13H,2-3,5,10H2,1H3,(H,21,24). The van der Waals surface area contributed by atoms with Crippen LogP contribution in [0.25, 0.3) is 0 Å². The van der Waals surface area contributed by atoms with E-state index in [-0.39, 0.29) is 22.2 Å². The van der Waals surface area contributed by atoms with Gasteiger partial charge in [0.05, 0.1) is 9.82 Å². The number of hydrogen-bond acceptors (Lipinski definition) is 5. The second-order valence-corrected chi connectivity index (χ2v) is 8.76. The third-order valence-electron chi connectivity index (χ3n) is 4.85. The number of sulfonamides is 1. The summed E-state index contributed by atoms with van der Waals surface area (Å²) in [6.45, 7) is 2.29. The van der Waals surface area contributed by atoms with Gasteiger partial charge < -0.3 is 5.32 Å². The summed E-state index contributed by atoms with van der Waals surface area (Å²) >= 11 is 0. The van der Waals surface area contributed by atoms with E-state index in [0.29, 0.717) is 6.54 Å². The van der Waals surface area contributed by atoms with Gasteiger partial charge >= 0.3 is 5.69 Å². The molecule has 2 aromatic rings. The summed E-state index contributed by atoms with van der Waals surface area (Å²) in [7, 11) is -3.75. The first-order valence-electron chi connectivity index (χ1n) is 9.07. The van der Waals surface area contributed by atoms with E-state index in [0.717, 1.165) is 31.4 Å². The number of nitrogens with zero attached hydrogens (tertiary/aromatic N) is 2. The van der Waals surface area contributed by atoms with Gasteiger partial charge in [-0.2, -0.15) is 8.70 Å². The molecule has 29 heavy (non-hydrogen) atoms. The maximum Gasteiger partial charge on any atom is 0.306 e. The van der Waals surface area contributed by atoms with E-state index in [1.807, 2.05) is 6.92 Å². The van der Waals surface area contributed by atoms with Crippen LogP contribution in [0.1, 0.15) is 36.5 Å². The van der Waals surface area contributed by atoms with Gasteiger partial charge in [0.25, 0.3) is 5.91 Å². The highest BCUT2D eigenvalue weighted by Crippen LogP contribution is 2.26. The maximum absolute atomic E-state index is 13.4. The smallest absolute Gasteiger partial charge is 0.306 e. The fraction of sp³-hybridized carbons (Fsp3) is 0.316. The average molecular weight is 421 g/mol. The molecule has 0 spiro atoms. The fourth-order valence-corrected chi connectivity index (χ4v) is 5.04. The van der Waals surface area contributed by atoms with Crippen molar-refractivity contribution in [2.75, 3.05) is 11.9 Å². The summed E-state index contributed by atoms with van der Waals surface area (Å²) < 4.78 is 40.8. The molecule has 0 saturated carbocycles. The predicted octanol–water partition coefficient (Wildman–Crippen LogP) is 3.55. The number of carbonyl (C=O) groups is 1. The monoisotopic (exact) mass is 421 g/mol. The van der Waals surface area contributed by atoms with Gasteiger partial charge in [-0.1, -0.05) is 12.5 Å². The molecular formula is C19H20FN3O5S. The molecule has 2 aromatic carbocycles. The third-order valence-corrected chi connectivity index (χ3v) is 6.86. The number of nitro groups is 1. The molecule has 1 heterocycles. The molecule has 0 radical (unpaired) electrons. The zero-order chi connectivity index (χ0) is 21.2. The van der Waals surface area contributed by atoms with Crippen molar-refractivity contribution < 1.29 is 22.5 Å². The van der Waals surface area contributed by atoms with Crippen LogP contribution in [0.2, 0.25) is 0 Å². The normalized spacial score (nSPS) is 17.7. The van der Waals surface area contributed by atoms with Crippen LogP contribution in [0.3, 0.4) is 0 Å². The lowest BCUT2D eigenvalue weighted by atomic mass is 10.1. The van der Waals surface area contributed by atoms with Gasteiger partial charge in [0.1, 0.15) is 0 Å². The van der Waals surface area contributed by atoms with E-state index in [9.17, 15) is 27.7 Å². The Morgan fingerprint density at radius 1 is 1.24 bits per heavy atom. The van der Waals surface area contributed by atoms with Crippen molar-refractivity contribution in [3.05, 3.63) is 64.0 Å². The van der Waals surface area contributed by atoms with Gasteiger partial charge in [-0.3, -0.25) is 14.9 Å². The highest BCUT2D eigenvalue weighted by molar-refractivity contribution is 7.89. The summed E-state index contributed by atoms with van der Waals surface area (Å²) in [6.07, 6.45) is 2.54. The molecule has 1 atom stereocenters. The summed E-state index contributed by atoms with van der Waals surface area (Å²) in [5, 5.41) is 13.3. The van der Waals surface area contributed by atoms with E-state index in [4.69, 9.17) is 0 Å². The minimum atomic E-state index is -3.75. The number of carbonyl (C=O) groups excluding carboxylic acids is 1. The highest BCUT2D eigenvalue weighted by atomic mass is 32.2. The van der Waals surface area contributed by atoms with Crippen LogP contribution in [-0.4, -0.2) is 36.1 Å². The molecule has 0 aliphatic carbocycles. The number of piperidine rings is 1. The molecule has 1 aliphatic heterocycles. The highest BCUT2D eigenvalue weighted by Gasteiger charge is 2.31. The largest absolute Gasteiger partial charge is 0.322 e. The molecule has 0 bridgehead atoms. The Labute approximate surface area is 167 Å². The van der Waals surface area contributed by atoms with E-state index in [1.165, 1.54) is 34.6 Å². The molecule has 10 heteroatoms. The van der Waals surface area contributed by atoms with Crippen LogP contribution in [0.15, 0.2) is 47.4 Å². The van der Waals surface area contributed by atoms with Crippen LogP contribution < -0.4 is 5.32 Å². The first-order chi connectivity index (χ1) is 13.7. The topological polar surface area (TPSA) is 110 Å². The van der Waals surface area contributed by atoms with Crippen molar-refractivity contribution in [3.63, 3.8) is 0 Å². The Bertz CT molecular complexity index is 1060. The van der Waals surface area contributed by atoms with Crippen molar-refractivity contribution in [1.29, 1.82) is 0 Å². The Kier molecular flexibility index (Phi) is 5.94. The number of amides is 1. The Hall–Kier alpha value is -2.85. The van der Waals surface area contributed by atoms with Crippen molar-refractivity contribution in [2.24, 2.45) is 0 Å². The number of rotatable bonds is 5. The molecule has 1 fully saturated rings. The SMILES string of the molecule is CC1CCCCN1S(=O)(=O)c1cccc(C(=O)Nc2ccc(F)c([N+](=O)[O-])c2)c1. The fourth-order valence-electron chi connectivity index (χ4n) is 3.30. The zero-order valence-corrected chi connectivity index (χ0v) is 16.5. The molecule has 8 nitrogen and oxygen atoms in total. The van der Waals surface area contributed by atoms with E-state index < -0.39 is 32.4 Å². The van der Waals surface area contributed by atoms with Crippen LogP contribution in [0, 0.1) is 15.9 Å². The molecule has 1 aliphatic rings. The van der Waals surface area contributed by atoms with Crippen LogP contribution >= 0.6 is 0 Å².